The van der Waals surface area contributed by atoms with Crippen molar-refractivity contribution in [2.75, 3.05) is 11.9 Å². The Labute approximate surface area is 85.8 Å². The zero-order valence-corrected chi connectivity index (χ0v) is 8.02. The van der Waals surface area contributed by atoms with E-state index in [1.165, 1.54) is 6.33 Å². The summed E-state index contributed by atoms with van der Waals surface area (Å²) in [5.41, 5.74) is -0.131. The molecule has 2 N–H and O–H groups in total. The topological polar surface area (TPSA) is 104 Å². The quantitative estimate of drug-likeness (QED) is 0.416. The van der Waals surface area contributed by atoms with Crippen molar-refractivity contribution in [2.24, 2.45) is 0 Å². The second kappa shape index (κ2) is 5.39. The maximum atomic E-state index is 11.4. The van der Waals surface area contributed by atoms with Gasteiger partial charge in [-0.1, -0.05) is 0 Å². The SMILES string of the molecule is CCOC=C(C#N)C(=O)Nc1ncn[nH]1. The number of aromatic amines is 1. The van der Waals surface area contributed by atoms with Crippen LogP contribution < -0.4 is 5.32 Å². The lowest BCUT2D eigenvalue weighted by atomic mass is 10.3. The minimum atomic E-state index is -0.595. The van der Waals surface area contributed by atoms with E-state index < -0.39 is 5.91 Å². The van der Waals surface area contributed by atoms with Crippen LogP contribution in [-0.2, 0) is 9.53 Å². The minimum absolute atomic E-state index is 0.131. The monoisotopic (exact) mass is 207 g/mol. The van der Waals surface area contributed by atoms with Crippen LogP contribution in [0.3, 0.4) is 0 Å². The second-order valence-electron chi connectivity index (χ2n) is 2.39. The van der Waals surface area contributed by atoms with Gasteiger partial charge in [-0.15, -0.1) is 0 Å². The van der Waals surface area contributed by atoms with Crippen LogP contribution in [0.5, 0.6) is 0 Å². The molecule has 0 saturated carbocycles. The predicted octanol–water partition coefficient (Wildman–Crippen LogP) is 0.187. The molecule has 0 bridgehead atoms. The van der Waals surface area contributed by atoms with E-state index in [2.05, 4.69) is 20.5 Å². The van der Waals surface area contributed by atoms with Crippen LogP contribution in [0.1, 0.15) is 6.92 Å². The summed E-state index contributed by atoms with van der Waals surface area (Å²) in [6.07, 6.45) is 2.35. The Kier molecular flexibility index (Phi) is 3.85. The van der Waals surface area contributed by atoms with Gasteiger partial charge in [0.25, 0.3) is 5.91 Å². The van der Waals surface area contributed by atoms with E-state index in [0.717, 1.165) is 6.26 Å². The molecule has 1 aromatic heterocycles. The zero-order valence-electron chi connectivity index (χ0n) is 8.02. The molecular formula is C8H9N5O2. The summed E-state index contributed by atoms with van der Waals surface area (Å²) in [5, 5.41) is 17.0. The van der Waals surface area contributed by atoms with Gasteiger partial charge in [-0.3, -0.25) is 10.1 Å². The third kappa shape index (κ3) is 3.11. The molecule has 0 atom stereocenters. The van der Waals surface area contributed by atoms with Crippen molar-refractivity contribution >= 4 is 11.9 Å². The number of amides is 1. The molecule has 1 amide bonds. The Morgan fingerprint density at radius 1 is 1.87 bits per heavy atom. The first kappa shape index (κ1) is 10.7. The summed E-state index contributed by atoms with van der Waals surface area (Å²) in [5.74, 6) is -0.416. The summed E-state index contributed by atoms with van der Waals surface area (Å²) in [6, 6.07) is 1.71. The molecule has 0 spiro atoms. The van der Waals surface area contributed by atoms with Crippen molar-refractivity contribution in [1.29, 1.82) is 5.26 Å². The molecule has 0 fully saturated rings. The Bertz CT molecular complexity index is 390. The van der Waals surface area contributed by atoms with Gasteiger partial charge in [0.2, 0.25) is 5.95 Å². The van der Waals surface area contributed by atoms with E-state index in [1.807, 2.05) is 0 Å². The number of carbonyl (C=O) groups excluding carboxylic acids is 1. The minimum Gasteiger partial charge on any atom is -0.500 e. The molecule has 0 aromatic carbocycles. The molecule has 7 heteroatoms. The normalized spacial score (nSPS) is 10.5. The molecule has 0 aliphatic carbocycles. The molecule has 15 heavy (non-hydrogen) atoms. The van der Waals surface area contributed by atoms with Gasteiger partial charge >= 0.3 is 0 Å². The van der Waals surface area contributed by atoms with Gasteiger partial charge in [0.15, 0.2) is 5.57 Å². The summed E-state index contributed by atoms with van der Waals surface area (Å²) in [7, 11) is 0. The standard InChI is InChI=1S/C8H9N5O2/c1-2-15-4-6(3-9)7(14)12-8-10-5-11-13-8/h4-5H,2H2,1H3,(H2,10,11,12,13,14). The highest BCUT2D eigenvalue weighted by Gasteiger charge is 2.10. The van der Waals surface area contributed by atoms with Crippen molar-refractivity contribution in [3.05, 3.63) is 18.2 Å². The summed E-state index contributed by atoms with van der Waals surface area (Å²) >= 11 is 0. The number of nitrogens with zero attached hydrogens (tertiary/aromatic N) is 3. The zero-order chi connectivity index (χ0) is 11.1. The Balaban J connectivity index is 2.63. The molecule has 1 rings (SSSR count). The first-order valence-corrected chi connectivity index (χ1v) is 4.16. The van der Waals surface area contributed by atoms with E-state index in [1.54, 1.807) is 13.0 Å². The van der Waals surface area contributed by atoms with Gasteiger partial charge in [0, 0.05) is 0 Å². The molecule has 78 valence electrons. The number of hydrogen-bond acceptors (Lipinski definition) is 5. The largest absolute Gasteiger partial charge is 0.500 e. The fourth-order valence-corrected chi connectivity index (χ4v) is 0.738. The van der Waals surface area contributed by atoms with Crippen molar-refractivity contribution in [3.63, 3.8) is 0 Å². The van der Waals surface area contributed by atoms with Gasteiger partial charge in [0.05, 0.1) is 6.61 Å². The van der Waals surface area contributed by atoms with E-state index in [0.29, 0.717) is 6.61 Å². The average Bonchev–Trinajstić information content (AvgIpc) is 2.71. The van der Waals surface area contributed by atoms with E-state index in [-0.39, 0.29) is 11.5 Å². The highest BCUT2D eigenvalue weighted by atomic mass is 16.5. The van der Waals surface area contributed by atoms with Gasteiger partial charge < -0.3 is 4.74 Å². The third-order valence-corrected chi connectivity index (χ3v) is 1.38. The van der Waals surface area contributed by atoms with Gasteiger partial charge in [-0.25, -0.2) is 5.10 Å². The van der Waals surface area contributed by atoms with Gasteiger partial charge in [-0.05, 0) is 6.92 Å². The number of ether oxygens (including phenoxy) is 1. The van der Waals surface area contributed by atoms with Crippen molar-refractivity contribution < 1.29 is 9.53 Å². The number of H-pyrrole nitrogens is 1. The second-order valence-corrected chi connectivity index (χ2v) is 2.39. The van der Waals surface area contributed by atoms with E-state index in [9.17, 15) is 4.79 Å². The van der Waals surface area contributed by atoms with Crippen LogP contribution in [0.4, 0.5) is 5.95 Å². The van der Waals surface area contributed by atoms with Crippen molar-refractivity contribution in [3.8, 4) is 6.07 Å². The smallest absolute Gasteiger partial charge is 0.271 e. The molecule has 0 aliphatic heterocycles. The first-order valence-electron chi connectivity index (χ1n) is 4.16. The lowest BCUT2D eigenvalue weighted by Crippen LogP contribution is -2.14. The molecule has 7 nitrogen and oxygen atoms in total. The first-order chi connectivity index (χ1) is 7.27. The van der Waals surface area contributed by atoms with E-state index >= 15 is 0 Å². The molecule has 0 saturated heterocycles. The molecule has 1 aromatic rings. The van der Waals surface area contributed by atoms with Crippen LogP contribution in [0.2, 0.25) is 0 Å². The summed E-state index contributed by atoms with van der Waals surface area (Å²) in [4.78, 5) is 15.1. The van der Waals surface area contributed by atoms with Gasteiger partial charge in [0.1, 0.15) is 18.7 Å². The number of nitrogens with one attached hydrogen (secondary N) is 2. The van der Waals surface area contributed by atoms with Crippen LogP contribution in [0, 0.1) is 11.3 Å². The number of nitriles is 1. The molecular weight excluding hydrogens is 198 g/mol. The maximum absolute atomic E-state index is 11.4. The van der Waals surface area contributed by atoms with Crippen LogP contribution >= 0.6 is 0 Å². The van der Waals surface area contributed by atoms with Gasteiger partial charge in [-0.2, -0.15) is 15.3 Å². The molecule has 0 unspecified atom stereocenters. The average molecular weight is 207 g/mol. The van der Waals surface area contributed by atoms with Crippen LogP contribution in [0.15, 0.2) is 18.2 Å². The highest BCUT2D eigenvalue weighted by Crippen LogP contribution is 1.99. The molecule has 0 aliphatic rings. The summed E-state index contributed by atoms with van der Waals surface area (Å²) in [6.45, 7) is 2.14. The van der Waals surface area contributed by atoms with Crippen molar-refractivity contribution in [1.82, 2.24) is 15.2 Å². The Morgan fingerprint density at radius 2 is 2.67 bits per heavy atom. The highest BCUT2D eigenvalue weighted by molar-refractivity contribution is 6.05. The fourth-order valence-electron chi connectivity index (χ4n) is 0.738. The number of anilines is 1. The summed E-state index contributed by atoms with van der Waals surface area (Å²) < 4.78 is 4.84. The van der Waals surface area contributed by atoms with Crippen molar-refractivity contribution in [2.45, 2.75) is 6.92 Å². The number of carbonyl (C=O) groups is 1. The van der Waals surface area contributed by atoms with Crippen LogP contribution in [0.25, 0.3) is 0 Å². The molecule has 1 heterocycles. The number of rotatable bonds is 4. The Morgan fingerprint density at radius 3 is 3.20 bits per heavy atom. The lowest BCUT2D eigenvalue weighted by molar-refractivity contribution is -0.112. The lowest BCUT2D eigenvalue weighted by Gasteiger charge is -1.99. The van der Waals surface area contributed by atoms with Crippen LogP contribution in [-0.4, -0.2) is 27.7 Å². The maximum Gasteiger partial charge on any atom is 0.271 e. The predicted molar refractivity (Wildman–Crippen MR) is 50.3 cm³/mol. The Hall–Kier alpha value is -2.36. The number of hydrogen-bond donors (Lipinski definition) is 2. The fraction of sp³-hybridized carbons (Fsp3) is 0.250. The van der Waals surface area contributed by atoms with E-state index in [4.69, 9.17) is 10.00 Å². The molecule has 0 radical (unpaired) electrons. The third-order valence-electron chi connectivity index (χ3n) is 1.38. The number of aromatic nitrogens is 3.